The average Bonchev–Trinajstić information content (AvgIpc) is 3.24. The number of anilines is 1. The second-order valence-electron chi connectivity index (χ2n) is 5.67. The fraction of sp³-hybridized carbons (Fsp3) is 0. The molecule has 0 aliphatic rings. The van der Waals surface area contributed by atoms with Crippen molar-refractivity contribution in [3.8, 4) is 16.8 Å². The first-order chi connectivity index (χ1) is 12.8. The van der Waals surface area contributed by atoms with E-state index < -0.39 is 0 Å². The molecule has 0 aliphatic carbocycles. The lowest BCUT2D eigenvalue weighted by Gasteiger charge is -2.10. The number of aromatic nitrogens is 4. The van der Waals surface area contributed by atoms with Crippen LogP contribution in [-0.2, 0) is 0 Å². The van der Waals surface area contributed by atoms with Crippen molar-refractivity contribution in [1.82, 2.24) is 20.2 Å². The van der Waals surface area contributed by atoms with Gasteiger partial charge in [-0.05, 0) is 45.8 Å². The molecule has 1 aromatic heterocycles. The molecule has 0 saturated carbocycles. The summed E-state index contributed by atoms with van der Waals surface area (Å²) in [5.74, 6) is -0.219. The zero-order valence-corrected chi connectivity index (χ0v) is 13.8. The molecule has 0 atom stereocenters. The SMILES string of the molecule is O=C(Nc1ccc(-c2ccccc2)cc1)c1ccccc1-n1cnnn1. The van der Waals surface area contributed by atoms with Crippen LogP contribution in [0.2, 0.25) is 0 Å². The minimum absolute atomic E-state index is 0.219. The fourth-order valence-electron chi connectivity index (χ4n) is 2.71. The molecular weight excluding hydrogens is 326 g/mol. The van der Waals surface area contributed by atoms with Crippen LogP contribution in [0.3, 0.4) is 0 Å². The Bertz CT molecular complexity index is 1010. The highest BCUT2D eigenvalue weighted by molar-refractivity contribution is 6.06. The van der Waals surface area contributed by atoms with E-state index in [1.807, 2.05) is 48.5 Å². The van der Waals surface area contributed by atoms with E-state index in [1.54, 1.807) is 18.2 Å². The van der Waals surface area contributed by atoms with Crippen LogP contribution in [0.15, 0.2) is 85.2 Å². The molecule has 1 amide bonds. The van der Waals surface area contributed by atoms with Gasteiger partial charge in [0.15, 0.2) is 0 Å². The molecule has 6 heteroatoms. The van der Waals surface area contributed by atoms with Gasteiger partial charge >= 0.3 is 0 Å². The Morgan fingerprint density at radius 1 is 0.808 bits per heavy atom. The van der Waals surface area contributed by atoms with Crippen molar-refractivity contribution in [2.75, 3.05) is 5.32 Å². The summed E-state index contributed by atoms with van der Waals surface area (Å²) in [6.07, 6.45) is 1.46. The Labute approximate surface area is 150 Å². The van der Waals surface area contributed by atoms with Gasteiger partial charge in [0.1, 0.15) is 6.33 Å². The fourth-order valence-corrected chi connectivity index (χ4v) is 2.71. The maximum atomic E-state index is 12.7. The molecule has 0 spiro atoms. The van der Waals surface area contributed by atoms with Gasteiger partial charge in [0.2, 0.25) is 0 Å². The molecule has 0 radical (unpaired) electrons. The van der Waals surface area contributed by atoms with Crippen LogP contribution in [-0.4, -0.2) is 26.1 Å². The summed E-state index contributed by atoms with van der Waals surface area (Å²) in [4.78, 5) is 12.7. The molecule has 4 rings (SSSR count). The standard InChI is InChI=1S/C20H15N5O/c26-20(18-8-4-5-9-19(18)25-14-21-23-24-25)22-17-12-10-16(11-13-17)15-6-2-1-3-7-15/h1-14H,(H,22,26). The van der Waals surface area contributed by atoms with E-state index in [0.717, 1.165) is 16.8 Å². The smallest absolute Gasteiger partial charge is 0.257 e. The maximum absolute atomic E-state index is 12.7. The molecular formula is C20H15N5O. The third-order valence-electron chi connectivity index (χ3n) is 3.99. The van der Waals surface area contributed by atoms with Gasteiger partial charge in [0.25, 0.3) is 5.91 Å². The van der Waals surface area contributed by atoms with Gasteiger partial charge in [-0.25, -0.2) is 0 Å². The molecule has 126 valence electrons. The molecule has 26 heavy (non-hydrogen) atoms. The Morgan fingerprint density at radius 3 is 2.23 bits per heavy atom. The van der Waals surface area contributed by atoms with Crippen LogP contribution in [0, 0.1) is 0 Å². The van der Waals surface area contributed by atoms with E-state index in [2.05, 4.69) is 33.0 Å². The second kappa shape index (κ2) is 6.98. The van der Waals surface area contributed by atoms with Crippen LogP contribution in [0.1, 0.15) is 10.4 Å². The number of carbonyl (C=O) groups excluding carboxylic acids is 1. The molecule has 4 aromatic rings. The highest BCUT2D eigenvalue weighted by atomic mass is 16.1. The van der Waals surface area contributed by atoms with Crippen molar-refractivity contribution in [2.45, 2.75) is 0 Å². The first-order valence-electron chi connectivity index (χ1n) is 8.10. The van der Waals surface area contributed by atoms with E-state index in [9.17, 15) is 4.79 Å². The monoisotopic (exact) mass is 341 g/mol. The van der Waals surface area contributed by atoms with Gasteiger partial charge in [0.05, 0.1) is 11.3 Å². The molecule has 1 heterocycles. The minimum Gasteiger partial charge on any atom is -0.322 e. The lowest BCUT2D eigenvalue weighted by Crippen LogP contribution is -2.15. The number of nitrogens with one attached hydrogen (secondary N) is 1. The second-order valence-corrected chi connectivity index (χ2v) is 5.67. The Hall–Kier alpha value is -3.80. The Balaban J connectivity index is 1.56. The van der Waals surface area contributed by atoms with E-state index in [1.165, 1.54) is 11.0 Å². The van der Waals surface area contributed by atoms with Gasteiger partial charge in [-0.15, -0.1) is 5.10 Å². The molecule has 0 unspecified atom stereocenters. The molecule has 6 nitrogen and oxygen atoms in total. The van der Waals surface area contributed by atoms with E-state index in [0.29, 0.717) is 11.3 Å². The van der Waals surface area contributed by atoms with Gasteiger partial charge in [-0.3, -0.25) is 4.79 Å². The highest BCUT2D eigenvalue weighted by Crippen LogP contribution is 2.22. The summed E-state index contributed by atoms with van der Waals surface area (Å²) >= 11 is 0. The Morgan fingerprint density at radius 2 is 1.50 bits per heavy atom. The lowest BCUT2D eigenvalue weighted by atomic mass is 10.1. The van der Waals surface area contributed by atoms with Crippen molar-refractivity contribution < 1.29 is 4.79 Å². The molecule has 0 bridgehead atoms. The number of hydrogen-bond acceptors (Lipinski definition) is 4. The zero-order valence-electron chi connectivity index (χ0n) is 13.8. The minimum atomic E-state index is -0.219. The van der Waals surface area contributed by atoms with Gasteiger partial charge in [0, 0.05) is 5.69 Å². The summed E-state index contributed by atoms with van der Waals surface area (Å²) in [5, 5.41) is 14.0. The number of carbonyl (C=O) groups is 1. The zero-order chi connectivity index (χ0) is 17.8. The summed E-state index contributed by atoms with van der Waals surface area (Å²) < 4.78 is 1.47. The number of tetrazole rings is 1. The summed E-state index contributed by atoms with van der Waals surface area (Å²) in [7, 11) is 0. The van der Waals surface area contributed by atoms with Crippen LogP contribution in [0.25, 0.3) is 16.8 Å². The van der Waals surface area contributed by atoms with E-state index in [4.69, 9.17) is 0 Å². The summed E-state index contributed by atoms with van der Waals surface area (Å²) in [6, 6.07) is 25.0. The largest absolute Gasteiger partial charge is 0.322 e. The van der Waals surface area contributed by atoms with E-state index in [-0.39, 0.29) is 5.91 Å². The molecule has 0 saturated heterocycles. The third-order valence-corrected chi connectivity index (χ3v) is 3.99. The van der Waals surface area contributed by atoms with Crippen LogP contribution in [0.4, 0.5) is 5.69 Å². The van der Waals surface area contributed by atoms with Crippen LogP contribution >= 0.6 is 0 Å². The first-order valence-corrected chi connectivity index (χ1v) is 8.10. The van der Waals surface area contributed by atoms with Crippen molar-refractivity contribution in [2.24, 2.45) is 0 Å². The number of amides is 1. The first kappa shape index (κ1) is 15.7. The van der Waals surface area contributed by atoms with Gasteiger partial charge in [-0.1, -0.05) is 54.6 Å². The molecule has 3 aromatic carbocycles. The van der Waals surface area contributed by atoms with Crippen molar-refractivity contribution in [3.63, 3.8) is 0 Å². The summed E-state index contributed by atoms with van der Waals surface area (Å²) in [5.41, 5.74) is 4.07. The third kappa shape index (κ3) is 3.21. The highest BCUT2D eigenvalue weighted by Gasteiger charge is 2.13. The number of rotatable bonds is 4. The maximum Gasteiger partial charge on any atom is 0.257 e. The molecule has 0 fully saturated rings. The summed E-state index contributed by atoms with van der Waals surface area (Å²) in [6.45, 7) is 0. The molecule has 1 N–H and O–H groups in total. The number of hydrogen-bond donors (Lipinski definition) is 1. The van der Waals surface area contributed by atoms with Crippen molar-refractivity contribution in [3.05, 3.63) is 90.8 Å². The topological polar surface area (TPSA) is 72.7 Å². The van der Waals surface area contributed by atoms with Gasteiger partial charge < -0.3 is 5.32 Å². The van der Waals surface area contributed by atoms with Crippen LogP contribution < -0.4 is 5.32 Å². The average molecular weight is 341 g/mol. The molecule has 0 aliphatic heterocycles. The van der Waals surface area contributed by atoms with Crippen molar-refractivity contribution in [1.29, 1.82) is 0 Å². The van der Waals surface area contributed by atoms with Crippen LogP contribution in [0.5, 0.6) is 0 Å². The normalized spacial score (nSPS) is 10.5. The number of para-hydroxylation sites is 1. The lowest BCUT2D eigenvalue weighted by molar-refractivity contribution is 0.102. The predicted octanol–water partition coefficient (Wildman–Crippen LogP) is 3.58. The number of nitrogens with zero attached hydrogens (tertiary/aromatic N) is 4. The van der Waals surface area contributed by atoms with Gasteiger partial charge in [-0.2, -0.15) is 4.68 Å². The Kier molecular flexibility index (Phi) is 4.22. The number of benzene rings is 3. The predicted molar refractivity (Wildman–Crippen MR) is 99.0 cm³/mol. The van der Waals surface area contributed by atoms with Crippen molar-refractivity contribution >= 4 is 11.6 Å². The van der Waals surface area contributed by atoms with E-state index >= 15 is 0 Å². The quantitative estimate of drug-likeness (QED) is 0.616.